The molecule has 70 valence electrons. The number of aliphatic hydroxyl groups is 1. The summed E-state index contributed by atoms with van der Waals surface area (Å²) in [5, 5.41) is 9.66. The molecule has 0 aliphatic heterocycles. The Morgan fingerprint density at radius 1 is 1.38 bits per heavy atom. The van der Waals surface area contributed by atoms with Gasteiger partial charge in [-0.25, -0.2) is 0 Å². The summed E-state index contributed by atoms with van der Waals surface area (Å²) in [6.07, 6.45) is 1.50. The molecule has 1 atom stereocenters. The lowest BCUT2D eigenvalue weighted by Gasteiger charge is -2.10. The fourth-order valence-corrected chi connectivity index (χ4v) is 1.48. The summed E-state index contributed by atoms with van der Waals surface area (Å²) < 4.78 is 0. The predicted molar refractivity (Wildman–Crippen MR) is 58.0 cm³/mol. The van der Waals surface area contributed by atoms with E-state index >= 15 is 0 Å². The van der Waals surface area contributed by atoms with E-state index in [-0.39, 0.29) is 0 Å². The van der Waals surface area contributed by atoms with E-state index < -0.39 is 6.10 Å². The van der Waals surface area contributed by atoms with Gasteiger partial charge in [0.25, 0.3) is 0 Å². The molecule has 1 nitrogen and oxygen atoms in total. The normalized spacial score (nSPS) is 12.5. The van der Waals surface area contributed by atoms with Crippen LogP contribution in [0.1, 0.15) is 18.6 Å². The summed E-state index contributed by atoms with van der Waals surface area (Å²) in [7, 11) is 0. The summed E-state index contributed by atoms with van der Waals surface area (Å²) in [6.45, 7) is 5.55. The first-order valence-electron chi connectivity index (χ1n) is 4.12. The number of aliphatic hydroxyl groups excluding tert-OH is 1. The second-order valence-electron chi connectivity index (χ2n) is 3.02. The molecule has 0 fully saturated rings. The van der Waals surface area contributed by atoms with Crippen LogP contribution < -0.4 is 0 Å². The molecule has 0 saturated carbocycles. The molecule has 0 bridgehead atoms. The van der Waals surface area contributed by atoms with Gasteiger partial charge in [-0.15, -0.1) is 11.8 Å². The van der Waals surface area contributed by atoms with E-state index in [1.54, 1.807) is 11.8 Å². The number of hydrogen-bond donors (Lipinski definition) is 1. The summed E-state index contributed by atoms with van der Waals surface area (Å²) >= 11 is 1.69. The zero-order chi connectivity index (χ0) is 9.84. The SMILES string of the molecule is C=C(C)C(O)c1ccc(SC)cc1. The van der Waals surface area contributed by atoms with E-state index in [9.17, 15) is 5.11 Å². The van der Waals surface area contributed by atoms with Gasteiger partial charge in [-0.2, -0.15) is 0 Å². The Kier molecular flexibility index (Phi) is 3.58. The quantitative estimate of drug-likeness (QED) is 0.589. The largest absolute Gasteiger partial charge is 0.384 e. The van der Waals surface area contributed by atoms with Crippen molar-refractivity contribution in [2.24, 2.45) is 0 Å². The van der Waals surface area contributed by atoms with Crippen molar-refractivity contribution < 1.29 is 5.11 Å². The highest BCUT2D eigenvalue weighted by Crippen LogP contribution is 2.22. The number of hydrogen-bond acceptors (Lipinski definition) is 2. The summed E-state index contributed by atoms with van der Waals surface area (Å²) in [6, 6.07) is 7.88. The second-order valence-corrected chi connectivity index (χ2v) is 3.90. The first-order chi connectivity index (χ1) is 6.15. The molecule has 0 saturated heterocycles. The smallest absolute Gasteiger partial charge is 0.0995 e. The molecular weight excluding hydrogens is 180 g/mol. The molecule has 0 aliphatic carbocycles. The number of thioether (sulfide) groups is 1. The Morgan fingerprint density at radius 3 is 2.31 bits per heavy atom. The third kappa shape index (κ3) is 2.61. The van der Waals surface area contributed by atoms with Crippen LogP contribution in [0.5, 0.6) is 0 Å². The predicted octanol–water partition coefficient (Wildman–Crippen LogP) is 3.02. The Morgan fingerprint density at radius 2 is 1.92 bits per heavy atom. The van der Waals surface area contributed by atoms with Gasteiger partial charge in [0.2, 0.25) is 0 Å². The van der Waals surface area contributed by atoms with Crippen molar-refractivity contribution in [2.45, 2.75) is 17.9 Å². The molecule has 0 spiro atoms. The first kappa shape index (κ1) is 10.4. The molecular formula is C11H14OS. The third-order valence-corrected chi connectivity index (χ3v) is 2.64. The van der Waals surface area contributed by atoms with E-state index in [4.69, 9.17) is 0 Å². The van der Waals surface area contributed by atoms with Crippen LogP contribution in [-0.2, 0) is 0 Å². The van der Waals surface area contributed by atoms with Gasteiger partial charge in [-0.1, -0.05) is 18.7 Å². The van der Waals surface area contributed by atoms with Gasteiger partial charge >= 0.3 is 0 Å². The van der Waals surface area contributed by atoms with Crippen LogP contribution in [0.25, 0.3) is 0 Å². The maximum absolute atomic E-state index is 9.66. The highest BCUT2D eigenvalue weighted by Gasteiger charge is 2.06. The van der Waals surface area contributed by atoms with Crippen LogP contribution in [-0.4, -0.2) is 11.4 Å². The highest BCUT2D eigenvalue weighted by atomic mass is 32.2. The van der Waals surface area contributed by atoms with Gasteiger partial charge in [0.05, 0.1) is 6.10 Å². The molecule has 0 heterocycles. The molecule has 0 aromatic heterocycles. The Bertz CT molecular complexity index is 289. The van der Waals surface area contributed by atoms with Crippen molar-refractivity contribution in [3.8, 4) is 0 Å². The number of benzene rings is 1. The van der Waals surface area contributed by atoms with E-state index in [0.29, 0.717) is 0 Å². The Hall–Kier alpha value is -0.730. The van der Waals surface area contributed by atoms with Crippen molar-refractivity contribution in [3.63, 3.8) is 0 Å². The van der Waals surface area contributed by atoms with Gasteiger partial charge in [0.15, 0.2) is 0 Å². The van der Waals surface area contributed by atoms with E-state index in [0.717, 1.165) is 11.1 Å². The zero-order valence-electron chi connectivity index (χ0n) is 7.95. The van der Waals surface area contributed by atoms with Gasteiger partial charge < -0.3 is 5.11 Å². The molecule has 1 rings (SSSR count). The molecule has 0 aliphatic rings. The average molecular weight is 194 g/mol. The molecule has 13 heavy (non-hydrogen) atoms. The van der Waals surface area contributed by atoms with Gasteiger partial charge in [0.1, 0.15) is 0 Å². The average Bonchev–Trinajstić information content (AvgIpc) is 2.17. The molecule has 1 aromatic rings. The molecule has 1 unspecified atom stereocenters. The van der Waals surface area contributed by atoms with Crippen LogP contribution in [0.2, 0.25) is 0 Å². The fraction of sp³-hybridized carbons (Fsp3) is 0.273. The summed E-state index contributed by atoms with van der Waals surface area (Å²) in [5.74, 6) is 0. The van der Waals surface area contributed by atoms with Crippen LogP contribution in [0, 0.1) is 0 Å². The standard InChI is InChI=1S/C11H14OS/c1-8(2)11(12)9-4-6-10(13-3)7-5-9/h4-7,11-12H,1H2,2-3H3. The van der Waals surface area contributed by atoms with Crippen molar-refractivity contribution in [1.82, 2.24) is 0 Å². The van der Waals surface area contributed by atoms with Crippen LogP contribution in [0.3, 0.4) is 0 Å². The molecule has 0 amide bonds. The maximum Gasteiger partial charge on any atom is 0.0995 e. The third-order valence-electron chi connectivity index (χ3n) is 1.90. The number of rotatable bonds is 3. The van der Waals surface area contributed by atoms with Gasteiger partial charge in [-0.05, 0) is 36.4 Å². The summed E-state index contributed by atoms with van der Waals surface area (Å²) in [4.78, 5) is 1.21. The van der Waals surface area contributed by atoms with Crippen molar-refractivity contribution in [1.29, 1.82) is 0 Å². The van der Waals surface area contributed by atoms with Crippen LogP contribution >= 0.6 is 11.8 Å². The molecule has 2 heteroatoms. The van der Waals surface area contributed by atoms with E-state index in [1.807, 2.05) is 37.4 Å². The maximum atomic E-state index is 9.66. The molecule has 1 N–H and O–H groups in total. The Labute approximate surface area is 83.5 Å². The topological polar surface area (TPSA) is 20.2 Å². The van der Waals surface area contributed by atoms with Gasteiger partial charge in [-0.3, -0.25) is 0 Å². The first-order valence-corrected chi connectivity index (χ1v) is 5.35. The summed E-state index contributed by atoms with van der Waals surface area (Å²) in [5.41, 5.74) is 1.68. The molecule has 0 radical (unpaired) electrons. The lowest BCUT2D eigenvalue weighted by molar-refractivity contribution is 0.216. The minimum atomic E-state index is -0.532. The van der Waals surface area contributed by atoms with Crippen LogP contribution in [0.4, 0.5) is 0 Å². The lowest BCUT2D eigenvalue weighted by Crippen LogP contribution is -1.97. The minimum Gasteiger partial charge on any atom is -0.384 e. The fourth-order valence-electron chi connectivity index (χ4n) is 1.07. The zero-order valence-corrected chi connectivity index (χ0v) is 8.77. The van der Waals surface area contributed by atoms with Crippen LogP contribution in [0.15, 0.2) is 41.3 Å². The highest BCUT2D eigenvalue weighted by molar-refractivity contribution is 7.98. The van der Waals surface area contributed by atoms with E-state index in [2.05, 4.69) is 6.58 Å². The second kappa shape index (κ2) is 4.49. The Balaban J connectivity index is 2.85. The van der Waals surface area contributed by atoms with Crippen molar-refractivity contribution in [2.75, 3.05) is 6.26 Å². The lowest BCUT2D eigenvalue weighted by atomic mass is 10.0. The minimum absolute atomic E-state index is 0.532. The van der Waals surface area contributed by atoms with Gasteiger partial charge in [0, 0.05) is 4.90 Å². The van der Waals surface area contributed by atoms with E-state index in [1.165, 1.54) is 4.90 Å². The monoisotopic (exact) mass is 194 g/mol. The van der Waals surface area contributed by atoms with Crippen molar-refractivity contribution >= 4 is 11.8 Å². The molecule has 1 aromatic carbocycles. The van der Waals surface area contributed by atoms with Crippen molar-refractivity contribution in [3.05, 3.63) is 42.0 Å².